The summed E-state index contributed by atoms with van der Waals surface area (Å²) >= 11 is 0. The van der Waals surface area contributed by atoms with Crippen LogP contribution in [0.2, 0.25) is 0 Å². The molecule has 0 heterocycles. The molecule has 1 N–H and O–H groups in total. The summed E-state index contributed by atoms with van der Waals surface area (Å²) in [5.74, 6) is -0.286. The molecule has 0 aliphatic heterocycles. The summed E-state index contributed by atoms with van der Waals surface area (Å²) in [7, 11) is 0. The fourth-order valence-electron chi connectivity index (χ4n) is 1.76. The van der Waals surface area contributed by atoms with Crippen LogP contribution in [0.5, 0.6) is 0 Å². The van der Waals surface area contributed by atoms with Gasteiger partial charge in [-0.3, -0.25) is 4.79 Å². The molecule has 0 fully saturated rings. The molecule has 0 spiro atoms. The molecule has 0 aromatic heterocycles. The van der Waals surface area contributed by atoms with Crippen molar-refractivity contribution in [1.29, 1.82) is 0 Å². The van der Waals surface area contributed by atoms with Crippen LogP contribution in [0, 0.1) is 0 Å². The van der Waals surface area contributed by atoms with Crippen LogP contribution >= 0.6 is 0 Å². The Bertz CT molecular complexity index is 432. The van der Waals surface area contributed by atoms with Crippen LogP contribution in [-0.4, -0.2) is 36.1 Å². The van der Waals surface area contributed by atoms with Gasteiger partial charge in [-0.25, -0.2) is 4.79 Å². The average Bonchev–Trinajstić information content (AvgIpc) is 2.40. The van der Waals surface area contributed by atoms with Gasteiger partial charge >= 0.3 is 12.0 Å². The smallest absolute Gasteiger partial charge is 0.322 e. The molecule has 1 aromatic rings. The second kappa shape index (κ2) is 8.19. The lowest BCUT2D eigenvalue weighted by Gasteiger charge is -2.26. The molecule has 0 aliphatic rings. The minimum Gasteiger partial charge on any atom is -0.466 e. The Labute approximate surface area is 119 Å². The van der Waals surface area contributed by atoms with Gasteiger partial charge in [0.1, 0.15) is 0 Å². The molecule has 0 saturated carbocycles. The average molecular weight is 278 g/mol. The van der Waals surface area contributed by atoms with Crippen molar-refractivity contribution in [1.82, 2.24) is 4.90 Å². The molecule has 110 valence electrons. The first kappa shape index (κ1) is 16.0. The van der Waals surface area contributed by atoms with Crippen LogP contribution < -0.4 is 5.32 Å². The molecule has 0 atom stereocenters. The van der Waals surface area contributed by atoms with E-state index in [0.29, 0.717) is 13.2 Å². The highest BCUT2D eigenvalue weighted by molar-refractivity contribution is 5.89. The Balaban J connectivity index is 2.57. The number of para-hydroxylation sites is 1. The Hall–Kier alpha value is -2.04. The minimum atomic E-state index is -0.286. The van der Waals surface area contributed by atoms with Crippen molar-refractivity contribution in [2.45, 2.75) is 33.2 Å². The molecular formula is C15H22N2O3. The third-order valence-electron chi connectivity index (χ3n) is 2.77. The van der Waals surface area contributed by atoms with Crippen LogP contribution in [0.1, 0.15) is 27.2 Å². The van der Waals surface area contributed by atoms with Gasteiger partial charge < -0.3 is 15.0 Å². The maximum absolute atomic E-state index is 12.2. The third kappa shape index (κ3) is 5.30. The van der Waals surface area contributed by atoms with Crippen molar-refractivity contribution in [3.05, 3.63) is 30.3 Å². The van der Waals surface area contributed by atoms with E-state index in [1.54, 1.807) is 11.8 Å². The molecule has 0 radical (unpaired) electrons. The summed E-state index contributed by atoms with van der Waals surface area (Å²) in [5, 5.41) is 2.81. The molecule has 0 unspecified atom stereocenters. The molecule has 0 bridgehead atoms. The van der Waals surface area contributed by atoms with Crippen molar-refractivity contribution in [2.24, 2.45) is 0 Å². The number of hydrogen-bond acceptors (Lipinski definition) is 3. The molecule has 20 heavy (non-hydrogen) atoms. The van der Waals surface area contributed by atoms with Gasteiger partial charge in [0.15, 0.2) is 0 Å². The molecular weight excluding hydrogens is 256 g/mol. The summed E-state index contributed by atoms with van der Waals surface area (Å²) in [6.45, 7) is 6.29. The second-order valence-corrected chi connectivity index (χ2v) is 4.64. The van der Waals surface area contributed by atoms with Crippen LogP contribution in [-0.2, 0) is 9.53 Å². The Kier molecular flexibility index (Phi) is 6.56. The van der Waals surface area contributed by atoms with Gasteiger partial charge in [0.2, 0.25) is 0 Å². The number of nitrogens with zero attached hydrogens (tertiary/aromatic N) is 1. The zero-order valence-electron chi connectivity index (χ0n) is 12.3. The van der Waals surface area contributed by atoms with Gasteiger partial charge in [-0.15, -0.1) is 0 Å². The van der Waals surface area contributed by atoms with Gasteiger partial charge in [0.25, 0.3) is 0 Å². The molecule has 0 aliphatic carbocycles. The minimum absolute atomic E-state index is 0.00754. The SMILES string of the molecule is CCOC(=O)CCN(C(=O)Nc1ccccc1)C(C)C. The summed E-state index contributed by atoms with van der Waals surface area (Å²) < 4.78 is 4.87. The molecule has 2 amide bonds. The maximum atomic E-state index is 12.2. The quantitative estimate of drug-likeness (QED) is 0.814. The lowest BCUT2D eigenvalue weighted by molar-refractivity contribution is -0.143. The van der Waals surface area contributed by atoms with E-state index in [1.807, 2.05) is 44.2 Å². The second-order valence-electron chi connectivity index (χ2n) is 4.64. The van der Waals surface area contributed by atoms with E-state index < -0.39 is 0 Å². The van der Waals surface area contributed by atoms with E-state index in [-0.39, 0.29) is 24.5 Å². The van der Waals surface area contributed by atoms with Crippen molar-refractivity contribution >= 4 is 17.7 Å². The highest BCUT2D eigenvalue weighted by Crippen LogP contribution is 2.09. The number of rotatable bonds is 6. The number of ether oxygens (including phenoxy) is 1. The number of benzene rings is 1. The Morgan fingerprint density at radius 3 is 2.45 bits per heavy atom. The maximum Gasteiger partial charge on any atom is 0.322 e. The summed E-state index contributed by atoms with van der Waals surface area (Å²) in [5.41, 5.74) is 0.735. The molecule has 5 nitrogen and oxygen atoms in total. The van der Waals surface area contributed by atoms with Gasteiger partial charge in [-0.05, 0) is 32.9 Å². The van der Waals surface area contributed by atoms with Gasteiger partial charge in [-0.2, -0.15) is 0 Å². The largest absolute Gasteiger partial charge is 0.466 e. The lowest BCUT2D eigenvalue weighted by atomic mass is 10.3. The zero-order chi connectivity index (χ0) is 15.0. The zero-order valence-corrected chi connectivity index (χ0v) is 12.3. The number of carbonyl (C=O) groups excluding carboxylic acids is 2. The van der Waals surface area contributed by atoms with Gasteiger partial charge in [0, 0.05) is 18.3 Å². The fourth-order valence-corrected chi connectivity index (χ4v) is 1.76. The van der Waals surface area contributed by atoms with E-state index >= 15 is 0 Å². The number of urea groups is 1. The Morgan fingerprint density at radius 2 is 1.90 bits per heavy atom. The third-order valence-corrected chi connectivity index (χ3v) is 2.77. The number of esters is 1. The van der Waals surface area contributed by atoms with E-state index in [0.717, 1.165) is 5.69 Å². The highest BCUT2D eigenvalue weighted by Gasteiger charge is 2.18. The van der Waals surface area contributed by atoms with Crippen molar-refractivity contribution in [3.63, 3.8) is 0 Å². The monoisotopic (exact) mass is 278 g/mol. The van der Waals surface area contributed by atoms with Crippen molar-refractivity contribution in [3.8, 4) is 0 Å². The van der Waals surface area contributed by atoms with Crippen molar-refractivity contribution < 1.29 is 14.3 Å². The van der Waals surface area contributed by atoms with Gasteiger partial charge in [-0.1, -0.05) is 18.2 Å². The van der Waals surface area contributed by atoms with E-state index in [4.69, 9.17) is 4.74 Å². The predicted octanol–water partition coefficient (Wildman–Crippen LogP) is 2.88. The molecule has 5 heteroatoms. The topological polar surface area (TPSA) is 58.6 Å². The van der Waals surface area contributed by atoms with Crippen LogP contribution in [0.4, 0.5) is 10.5 Å². The van der Waals surface area contributed by atoms with Crippen LogP contribution in [0.15, 0.2) is 30.3 Å². The predicted molar refractivity (Wildman–Crippen MR) is 78.6 cm³/mol. The van der Waals surface area contributed by atoms with Crippen LogP contribution in [0.3, 0.4) is 0 Å². The number of hydrogen-bond donors (Lipinski definition) is 1. The number of nitrogens with one attached hydrogen (secondary N) is 1. The van der Waals surface area contributed by atoms with Gasteiger partial charge in [0.05, 0.1) is 13.0 Å². The fraction of sp³-hybridized carbons (Fsp3) is 0.467. The number of amides is 2. The van der Waals surface area contributed by atoms with Crippen LogP contribution in [0.25, 0.3) is 0 Å². The molecule has 1 aromatic carbocycles. The highest BCUT2D eigenvalue weighted by atomic mass is 16.5. The van der Waals surface area contributed by atoms with E-state index in [9.17, 15) is 9.59 Å². The normalized spacial score (nSPS) is 10.2. The standard InChI is InChI=1S/C15H22N2O3/c1-4-20-14(18)10-11-17(12(2)3)15(19)16-13-8-6-5-7-9-13/h5-9,12H,4,10-11H2,1-3H3,(H,16,19). The first-order chi connectivity index (χ1) is 9.54. The van der Waals surface area contributed by atoms with Crippen molar-refractivity contribution in [2.75, 3.05) is 18.5 Å². The van der Waals surface area contributed by atoms with E-state index in [1.165, 1.54) is 0 Å². The summed E-state index contributed by atoms with van der Waals surface area (Å²) in [6, 6.07) is 9.03. The van der Waals surface area contributed by atoms with E-state index in [2.05, 4.69) is 5.32 Å². The lowest BCUT2D eigenvalue weighted by Crippen LogP contribution is -2.41. The molecule has 1 rings (SSSR count). The first-order valence-electron chi connectivity index (χ1n) is 6.83. The Morgan fingerprint density at radius 1 is 1.25 bits per heavy atom. The summed E-state index contributed by atoms with van der Waals surface area (Å²) in [6.07, 6.45) is 0.203. The first-order valence-corrected chi connectivity index (χ1v) is 6.83. The molecule has 0 saturated heterocycles. The summed E-state index contributed by atoms with van der Waals surface area (Å²) in [4.78, 5) is 25.2. The number of anilines is 1. The number of carbonyl (C=O) groups is 2.